The van der Waals surface area contributed by atoms with Crippen molar-refractivity contribution < 1.29 is 28.5 Å². The van der Waals surface area contributed by atoms with Gasteiger partial charge in [-0.2, -0.15) is 0 Å². The molecule has 0 bridgehead atoms. The van der Waals surface area contributed by atoms with Crippen molar-refractivity contribution in [3.63, 3.8) is 0 Å². The largest absolute Gasteiger partial charge is 0.499 e. The van der Waals surface area contributed by atoms with Crippen LogP contribution in [0.5, 0.6) is 0 Å². The Morgan fingerprint density at radius 1 is 1.09 bits per heavy atom. The average Bonchev–Trinajstić information content (AvgIpc) is 2.54. The van der Waals surface area contributed by atoms with E-state index in [0.29, 0.717) is 5.56 Å². The number of esters is 2. The molecule has 2 rings (SSSR count). The number of methoxy groups -OCH3 is 2. The van der Waals surface area contributed by atoms with E-state index in [9.17, 15) is 9.59 Å². The van der Waals surface area contributed by atoms with Crippen molar-refractivity contribution in [2.45, 2.75) is 11.5 Å². The van der Waals surface area contributed by atoms with Crippen LogP contribution in [0.1, 0.15) is 11.5 Å². The molecule has 1 aromatic rings. The molecule has 0 saturated heterocycles. The fourth-order valence-electron chi connectivity index (χ4n) is 2.44. The molecule has 1 aliphatic rings. The van der Waals surface area contributed by atoms with Gasteiger partial charge in [0.1, 0.15) is 6.61 Å². The standard InChI is InChI=1S/C16H18O6/c1-19-14(17)16(15(18)20-2)13(8-9-21-10-11-22-16)12-6-4-3-5-7-12/h3-9,13H,10-11H2,1-2H3/b9-8-. The lowest BCUT2D eigenvalue weighted by Gasteiger charge is -2.35. The van der Waals surface area contributed by atoms with Crippen LogP contribution in [0.4, 0.5) is 0 Å². The Bertz CT molecular complexity index is 535. The molecule has 0 amide bonds. The van der Waals surface area contributed by atoms with Crippen LogP contribution < -0.4 is 0 Å². The molecular formula is C16H18O6. The Hall–Kier alpha value is -2.34. The summed E-state index contributed by atoms with van der Waals surface area (Å²) >= 11 is 0. The predicted octanol–water partition coefficient (Wildman–Crippen LogP) is 1.42. The van der Waals surface area contributed by atoms with Crippen molar-refractivity contribution in [3.8, 4) is 0 Å². The maximum Gasteiger partial charge on any atom is 0.351 e. The summed E-state index contributed by atoms with van der Waals surface area (Å²) in [6.45, 7) is 0.269. The molecule has 6 nitrogen and oxygen atoms in total. The zero-order valence-corrected chi connectivity index (χ0v) is 12.5. The number of rotatable bonds is 3. The molecule has 1 heterocycles. The van der Waals surface area contributed by atoms with E-state index in [0.717, 1.165) is 0 Å². The summed E-state index contributed by atoms with van der Waals surface area (Å²) in [5.41, 5.74) is -1.19. The van der Waals surface area contributed by atoms with Crippen molar-refractivity contribution in [3.05, 3.63) is 48.2 Å². The third-order valence-corrected chi connectivity index (χ3v) is 3.47. The zero-order valence-electron chi connectivity index (χ0n) is 12.5. The minimum absolute atomic E-state index is 0.0534. The highest BCUT2D eigenvalue weighted by atomic mass is 16.6. The van der Waals surface area contributed by atoms with Crippen LogP contribution in [0.2, 0.25) is 0 Å². The Kier molecular flexibility index (Phi) is 5.16. The molecule has 6 heteroatoms. The van der Waals surface area contributed by atoms with Gasteiger partial charge in [-0.15, -0.1) is 0 Å². The van der Waals surface area contributed by atoms with Crippen LogP contribution in [0, 0.1) is 0 Å². The lowest BCUT2D eigenvalue weighted by atomic mass is 9.81. The molecule has 0 aliphatic carbocycles. The quantitative estimate of drug-likeness (QED) is 0.621. The second-order valence-corrected chi connectivity index (χ2v) is 4.65. The lowest BCUT2D eigenvalue weighted by Crippen LogP contribution is -2.55. The maximum absolute atomic E-state index is 12.4. The summed E-state index contributed by atoms with van der Waals surface area (Å²) in [6, 6.07) is 9.04. The van der Waals surface area contributed by atoms with E-state index in [4.69, 9.17) is 18.9 Å². The van der Waals surface area contributed by atoms with Gasteiger partial charge >= 0.3 is 11.9 Å². The molecule has 0 spiro atoms. The van der Waals surface area contributed by atoms with Crippen molar-refractivity contribution in [1.29, 1.82) is 0 Å². The van der Waals surface area contributed by atoms with Gasteiger partial charge in [-0.1, -0.05) is 30.3 Å². The highest BCUT2D eigenvalue weighted by Gasteiger charge is 2.56. The molecule has 0 saturated carbocycles. The summed E-state index contributed by atoms with van der Waals surface area (Å²) in [5.74, 6) is -2.34. The predicted molar refractivity (Wildman–Crippen MR) is 77.0 cm³/mol. The highest BCUT2D eigenvalue weighted by Crippen LogP contribution is 2.36. The molecule has 118 valence electrons. The van der Waals surface area contributed by atoms with E-state index in [-0.39, 0.29) is 13.2 Å². The van der Waals surface area contributed by atoms with Gasteiger partial charge in [0.25, 0.3) is 5.60 Å². The van der Waals surface area contributed by atoms with Gasteiger partial charge in [0.15, 0.2) is 0 Å². The summed E-state index contributed by atoms with van der Waals surface area (Å²) in [5, 5.41) is 0. The van der Waals surface area contributed by atoms with Crippen molar-refractivity contribution in [2.75, 3.05) is 27.4 Å². The number of hydrogen-bond acceptors (Lipinski definition) is 6. The van der Waals surface area contributed by atoms with E-state index in [1.807, 2.05) is 18.2 Å². The van der Waals surface area contributed by atoms with E-state index in [1.165, 1.54) is 20.5 Å². The first-order valence-corrected chi connectivity index (χ1v) is 6.80. The lowest BCUT2D eigenvalue weighted by molar-refractivity contribution is -0.191. The van der Waals surface area contributed by atoms with Crippen molar-refractivity contribution in [1.82, 2.24) is 0 Å². The van der Waals surface area contributed by atoms with E-state index in [1.54, 1.807) is 18.2 Å². The molecule has 22 heavy (non-hydrogen) atoms. The van der Waals surface area contributed by atoms with Crippen molar-refractivity contribution >= 4 is 11.9 Å². The smallest absolute Gasteiger partial charge is 0.351 e. The number of carbonyl (C=O) groups excluding carboxylic acids is 2. The van der Waals surface area contributed by atoms with Crippen LogP contribution in [0.3, 0.4) is 0 Å². The van der Waals surface area contributed by atoms with E-state index in [2.05, 4.69) is 0 Å². The molecule has 0 fully saturated rings. The molecular weight excluding hydrogens is 288 g/mol. The van der Waals surface area contributed by atoms with Gasteiger partial charge in [0.2, 0.25) is 0 Å². The topological polar surface area (TPSA) is 71.1 Å². The normalized spacial score (nSPS) is 21.6. The summed E-state index contributed by atoms with van der Waals surface area (Å²) in [4.78, 5) is 24.8. The minimum Gasteiger partial charge on any atom is -0.499 e. The molecule has 1 atom stereocenters. The number of carbonyl (C=O) groups is 2. The van der Waals surface area contributed by atoms with Gasteiger partial charge < -0.3 is 18.9 Å². The Morgan fingerprint density at radius 3 is 2.32 bits per heavy atom. The van der Waals surface area contributed by atoms with Crippen LogP contribution in [0.15, 0.2) is 42.7 Å². The van der Waals surface area contributed by atoms with Crippen LogP contribution >= 0.6 is 0 Å². The maximum atomic E-state index is 12.4. The third kappa shape index (κ3) is 2.82. The molecule has 1 aromatic carbocycles. The molecule has 0 N–H and O–H groups in total. The average molecular weight is 306 g/mol. The molecule has 0 radical (unpaired) electrons. The summed E-state index contributed by atoms with van der Waals surface area (Å²) in [6.07, 6.45) is 3.06. The fraction of sp³-hybridized carbons (Fsp3) is 0.375. The Morgan fingerprint density at radius 2 is 1.73 bits per heavy atom. The summed E-state index contributed by atoms with van der Waals surface area (Å²) < 4.78 is 20.5. The van der Waals surface area contributed by atoms with E-state index >= 15 is 0 Å². The van der Waals surface area contributed by atoms with E-state index < -0.39 is 23.5 Å². The molecule has 0 aromatic heterocycles. The highest BCUT2D eigenvalue weighted by molar-refractivity contribution is 6.05. The first-order valence-electron chi connectivity index (χ1n) is 6.80. The zero-order chi connectivity index (χ0) is 16.0. The van der Waals surface area contributed by atoms with Crippen LogP contribution in [0.25, 0.3) is 0 Å². The summed E-state index contributed by atoms with van der Waals surface area (Å²) in [7, 11) is 2.41. The van der Waals surface area contributed by atoms with Gasteiger partial charge in [0, 0.05) is 0 Å². The Labute approximate surface area is 128 Å². The first kappa shape index (κ1) is 16.0. The van der Waals surface area contributed by atoms with Gasteiger partial charge in [-0.25, -0.2) is 9.59 Å². The molecule has 1 aliphatic heterocycles. The van der Waals surface area contributed by atoms with Crippen LogP contribution in [-0.2, 0) is 28.5 Å². The third-order valence-electron chi connectivity index (χ3n) is 3.47. The molecule has 1 unspecified atom stereocenters. The van der Waals surface area contributed by atoms with Gasteiger partial charge in [0.05, 0.1) is 33.0 Å². The van der Waals surface area contributed by atoms with Gasteiger partial charge in [-0.05, 0) is 11.6 Å². The van der Waals surface area contributed by atoms with Crippen LogP contribution in [-0.4, -0.2) is 45.0 Å². The van der Waals surface area contributed by atoms with Crippen molar-refractivity contribution in [2.24, 2.45) is 0 Å². The number of benzene rings is 1. The number of ether oxygens (including phenoxy) is 4. The Balaban J connectivity index is 2.60. The van der Waals surface area contributed by atoms with Gasteiger partial charge in [-0.3, -0.25) is 0 Å². The first-order chi connectivity index (χ1) is 10.7. The second-order valence-electron chi connectivity index (χ2n) is 4.65. The SMILES string of the molecule is COC(=O)C1(C(=O)OC)OCCO/C=C\C1c1ccccc1. The second kappa shape index (κ2) is 7.09. The number of hydrogen-bond donors (Lipinski definition) is 0. The fourth-order valence-corrected chi connectivity index (χ4v) is 2.44. The minimum atomic E-state index is -1.90. The monoisotopic (exact) mass is 306 g/mol.